The van der Waals surface area contributed by atoms with E-state index in [1.165, 1.54) is 13.0 Å². The summed E-state index contributed by atoms with van der Waals surface area (Å²) >= 11 is 0. The molecule has 1 aliphatic rings. The zero-order valence-corrected chi connectivity index (χ0v) is 8.19. The van der Waals surface area contributed by atoms with Gasteiger partial charge in [-0.1, -0.05) is 24.3 Å². The summed E-state index contributed by atoms with van der Waals surface area (Å²) in [5.74, 6) is 0.0569. The van der Waals surface area contributed by atoms with Crippen LogP contribution in [0.5, 0.6) is 0 Å². The van der Waals surface area contributed by atoms with E-state index in [1.807, 2.05) is 24.6 Å². The molecule has 1 rings (SSSR count). The van der Waals surface area contributed by atoms with Crippen molar-refractivity contribution in [2.45, 2.75) is 19.8 Å². The molecule has 0 unspecified atom stereocenters. The van der Waals surface area contributed by atoms with Crippen molar-refractivity contribution in [3.63, 3.8) is 0 Å². The van der Waals surface area contributed by atoms with Crippen molar-refractivity contribution in [1.82, 2.24) is 0 Å². The monoisotopic (exact) mass is 189 g/mol. The molecule has 0 aromatic heterocycles. The van der Waals surface area contributed by atoms with Gasteiger partial charge in [0.15, 0.2) is 5.78 Å². The molecule has 0 N–H and O–H groups in total. The normalized spacial score (nSPS) is 14.8. The van der Waals surface area contributed by atoms with Gasteiger partial charge in [0.1, 0.15) is 5.78 Å². The molecule has 73 valence electrons. The van der Waals surface area contributed by atoms with Gasteiger partial charge in [-0.3, -0.25) is 4.79 Å². The fourth-order valence-electron chi connectivity index (χ4n) is 1.07. The molecule has 0 spiro atoms. The summed E-state index contributed by atoms with van der Waals surface area (Å²) in [6.45, 7) is 1.49. The molecule has 0 amide bonds. The lowest BCUT2D eigenvalue weighted by atomic mass is 10.1. The average molecular weight is 189 g/mol. The Morgan fingerprint density at radius 3 is 2.71 bits per heavy atom. The predicted molar refractivity (Wildman–Crippen MR) is 55.6 cm³/mol. The number of ketones is 2. The Kier molecular flexibility index (Phi) is 4.05. The van der Waals surface area contributed by atoms with E-state index in [4.69, 9.17) is 0 Å². The summed E-state index contributed by atoms with van der Waals surface area (Å²) in [6.07, 6.45) is 11.6. The first-order valence-corrected chi connectivity index (χ1v) is 4.60. The van der Waals surface area contributed by atoms with Crippen LogP contribution in [0.15, 0.2) is 36.0 Å². The summed E-state index contributed by atoms with van der Waals surface area (Å²) in [5, 5.41) is 0. The van der Waals surface area contributed by atoms with Crippen molar-refractivity contribution in [1.29, 1.82) is 0 Å². The molecule has 0 aromatic rings. The van der Waals surface area contributed by atoms with Crippen LogP contribution < -0.4 is 0 Å². The summed E-state index contributed by atoms with van der Waals surface area (Å²) < 4.78 is 0. The molecule has 0 saturated heterocycles. The molecule has 0 saturated carbocycles. The van der Waals surface area contributed by atoms with Crippen LogP contribution in [0.4, 0.5) is 0 Å². The van der Waals surface area contributed by atoms with E-state index in [1.54, 1.807) is 6.08 Å². The molecular formula is C12H13O2. The standard InChI is InChI=1S/C12H13O2/c1-10(13)6-8-12(14)9-7-11-4-2-3-5-11/h2-5,7,9H,6,8H2,1H3/b9-7+. The minimum atomic E-state index is 0.00130. The number of carbonyl (C=O) groups excluding carboxylic acids is 2. The molecule has 1 radical (unpaired) electrons. The predicted octanol–water partition coefficient (Wildman–Crippen LogP) is 2.18. The highest BCUT2D eigenvalue weighted by molar-refractivity contribution is 5.92. The molecule has 14 heavy (non-hydrogen) atoms. The highest BCUT2D eigenvalue weighted by Gasteiger charge is 2.00. The summed E-state index contributed by atoms with van der Waals surface area (Å²) in [6, 6.07) is 0. The molecule has 0 heterocycles. The van der Waals surface area contributed by atoms with Crippen LogP contribution in [0.2, 0.25) is 0 Å². The van der Waals surface area contributed by atoms with Crippen LogP contribution in [-0.2, 0) is 9.59 Å². The van der Waals surface area contributed by atoms with E-state index < -0.39 is 0 Å². The van der Waals surface area contributed by atoms with Gasteiger partial charge in [0.05, 0.1) is 0 Å². The van der Waals surface area contributed by atoms with E-state index >= 15 is 0 Å². The Balaban J connectivity index is 2.32. The van der Waals surface area contributed by atoms with Crippen LogP contribution in [0.1, 0.15) is 19.8 Å². The smallest absolute Gasteiger partial charge is 0.156 e. The van der Waals surface area contributed by atoms with Gasteiger partial charge >= 0.3 is 0 Å². The lowest BCUT2D eigenvalue weighted by Gasteiger charge is -1.91. The van der Waals surface area contributed by atoms with Crippen LogP contribution in [0, 0.1) is 6.42 Å². The van der Waals surface area contributed by atoms with Crippen molar-refractivity contribution in [2.24, 2.45) is 0 Å². The van der Waals surface area contributed by atoms with E-state index in [9.17, 15) is 9.59 Å². The Morgan fingerprint density at radius 2 is 2.14 bits per heavy atom. The lowest BCUT2D eigenvalue weighted by molar-refractivity contribution is -0.120. The van der Waals surface area contributed by atoms with Crippen LogP contribution in [0.3, 0.4) is 0 Å². The third-order valence-electron chi connectivity index (χ3n) is 1.87. The number of rotatable bonds is 5. The lowest BCUT2D eigenvalue weighted by Crippen LogP contribution is -1.97. The molecule has 0 aliphatic heterocycles. The maximum Gasteiger partial charge on any atom is 0.156 e. The Labute approximate surface area is 84.0 Å². The summed E-state index contributed by atoms with van der Waals surface area (Å²) in [7, 11) is 0. The quantitative estimate of drug-likeness (QED) is 0.621. The van der Waals surface area contributed by atoms with E-state index in [0.29, 0.717) is 12.8 Å². The SMILES string of the molecule is CC(=O)CCC(=O)/C=C/C1=C[CH]C=C1. The van der Waals surface area contributed by atoms with Gasteiger partial charge in [0.25, 0.3) is 0 Å². The average Bonchev–Trinajstić information content (AvgIpc) is 2.63. The molecule has 0 bridgehead atoms. The highest BCUT2D eigenvalue weighted by atomic mass is 16.1. The number of carbonyl (C=O) groups is 2. The van der Waals surface area contributed by atoms with Gasteiger partial charge in [-0.15, -0.1) is 0 Å². The second-order valence-corrected chi connectivity index (χ2v) is 3.22. The van der Waals surface area contributed by atoms with Gasteiger partial charge in [-0.25, -0.2) is 0 Å². The molecule has 0 aromatic carbocycles. The number of hydrogen-bond donors (Lipinski definition) is 0. The topological polar surface area (TPSA) is 34.1 Å². The third kappa shape index (κ3) is 3.99. The van der Waals surface area contributed by atoms with E-state index in [0.717, 1.165) is 5.57 Å². The second kappa shape index (κ2) is 5.32. The summed E-state index contributed by atoms with van der Waals surface area (Å²) in [4.78, 5) is 21.8. The van der Waals surface area contributed by atoms with Gasteiger partial charge < -0.3 is 4.79 Å². The Bertz CT molecular complexity index is 319. The van der Waals surface area contributed by atoms with Crippen LogP contribution in [0.25, 0.3) is 0 Å². The number of allylic oxidation sites excluding steroid dienone is 6. The first-order valence-electron chi connectivity index (χ1n) is 4.60. The van der Waals surface area contributed by atoms with E-state index in [2.05, 4.69) is 0 Å². The molecule has 2 heteroatoms. The summed E-state index contributed by atoms with van der Waals surface area (Å²) in [5.41, 5.74) is 1.01. The molecule has 2 nitrogen and oxygen atoms in total. The number of Topliss-reactive ketones (excluding diaryl/α,β-unsaturated/α-hetero) is 1. The maximum absolute atomic E-state index is 11.2. The first-order chi connectivity index (χ1) is 6.68. The van der Waals surface area contributed by atoms with Gasteiger partial charge in [0, 0.05) is 19.3 Å². The van der Waals surface area contributed by atoms with Crippen molar-refractivity contribution >= 4 is 11.6 Å². The maximum atomic E-state index is 11.2. The molecular weight excluding hydrogens is 176 g/mol. The fraction of sp³-hybridized carbons (Fsp3) is 0.250. The van der Waals surface area contributed by atoms with Crippen molar-refractivity contribution < 1.29 is 9.59 Å². The zero-order valence-electron chi connectivity index (χ0n) is 8.19. The van der Waals surface area contributed by atoms with Crippen molar-refractivity contribution in [2.75, 3.05) is 0 Å². The Hall–Kier alpha value is -1.44. The minimum absolute atomic E-state index is 0.00130. The third-order valence-corrected chi connectivity index (χ3v) is 1.87. The molecule has 0 atom stereocenters. The van der Waals surface area contributed by atoms with Gasteiger partial charge in [-0.05, 0) is 18.6 Å². The zero-order chi connectivity index (χ0) is 10.4. The second-order valence-electron chi connectivity index (χ2n) is 3.22. The van der Waals surface area contributed by atoms with Gasteiger partial charge in [-0.2, -0.15) is 0 Å². The van der Waals surface area contributed by atoms with Gasteiger partial charge in [0.2, 0.25) is 0 Å². The van der Waals surface area contributed by atoms with Crippen LogP contribution in [-0.4, -0.2) is 11.6 Å². The largest absolute Gasteiger partial charge is 0.300 e. The molecule has 1 aliphatic carbocycles. The highest BCUT2D eigenvalue weighted by Crippen LogP contribution is 2.09. The minimum Gasteiger partial charge on any atom is -0.300 e. The fourth-order valence-corrected chi connectivity index (χ4v) is 1.07. The number of hydrogen-bond acceptors (Lipinski definition) is 2. The van der Waals surface area contributed by atoms with Crippen molar-refractivity contribution in [3.8, 4) is 0 Å². The Morgan fingerprint density at radius 1 is 1.36 bits per heavy atom. The van der Waals surface area contributed by atoms with Crippen LogP contribution >= 0.6 is 0 Å². The van der Waals surface area contributed by atoms with E-state index in [-0.39, 0.29) is 11.6 Å². The first kappa shape index (κ1) is 10.6. The van der Waals surface area contributed by atoms with Crippen molar-refractivity contribution in [3.05, 3.63) is 42.4 Å². The molecule has 0 fully saturated rings.